The van der Waals surface area contributed by atoms with Crippen LogP contribution in [0.3, 0.4) is 0 Å². The summed E-state index contributed by atoms with van der Waals surface area (Å²) in [5, 5.41) is 5.62. The molecule has 80 valence electrons. The van der Waals surface area contributed by atoms with Gasteiger partial charge in [0.25, 0.3) is 0 Å². The fourth-order valence-electron chi connectivity index (χ4n) is 1.22. The topological polar surface area (TPSA) is 21.3 Å². The first-order chi connectivity index (χ1) is 6.76. The van der Waals surface area contributed by atoms with Crippen LogP contribution in [0.15, 0.2) is 15.2 Å². The largest absolute Gasteiger partial charge is 0.383 e. The molecule has 0 spiro atoms. The van der Waals surface area contributed by atoms with Crippen molar-refractivity contribution >= 4 is 27.3 Å². The van der Waals surface area contributed by atoms with E-state index < -0.39 is 0 Å². The smallest absolute Gasteiger partial charge is 0.0701 e. The van der Waals surface area contributed by atoms with Crippen molar-refractivity contribution < 1.29 is 4.74 Å². The molecule has 14 heavy (non-hydrogen) atoms. The third-order valence-corrected chi connectivity index (χ3v) is 3.63. The second-order valence-electron chi connectivity index (χ2n) is 3.20. The quantitative estimate of drug-likeness (QED) is 0.863. The maximum Gasteiger partial charge on any atom is 0.0701 e. The van der Waals surface area contributed by atoms with Gasteiger partial charge < -0.3 is 10.1 Å². The second kappa shape index (κ2) is 6.56. The molecule has 1 N–H and O–H groups in total. The van der Waals surface area contributed by atoms with Gasteiger partial charge in [0.2, 0.25) is 0 Å². The van der Waals surface area contributed by atoms with Crippen molar-refractivity contribution in [1.29, 1.82) is 0 Å². The van der Waals surface area contributed by atoms with Gasteiger partial charge in [0.05, 0.1) is 10.4 Å². The fraction of sp³-hybridized carbons (Fsp3) is 0.600. The lowest BCUT2D eigenvalue weighted by molar-refractivity contribution is 0.164. The van der Waals surface area contributed by atoms with Crippen LogP contribution in [-0.4, -0.2) is 19.8 Å². The second-order valence-corrected chi connectivity index (χ2v) is 5.49. The predicted molar refractivity (Wildman–Crippen MR) is 64.8 cm³/mol. The average Bonchev–Trinajstić information content (AvgIpc) is 2.59. The first kappa shape index (κ1) is 12.2. The summed E-state index contributed by atoms with van der Waals surface area (Å²) in [5.74, 6) is 0. The lowest BCUT2D eigenvalue weighted by Crippen LogP contribution is -2.31. The standard InChI is InChI=1S/C10H16BrNOS/c1-3-9(6-13-2)12-5-8-4-10(11)14-7-8/h4,7,9,12H,3,5-6H2,1-2H3. The van der Waals surface area contributed by atoms with Gasteiger partial charge in [-0.2, -0.15) is 0 Å². The van der Waals surface area contributed by atoms with Crippen molar-refractivity contribution in [1.82, 2.24) is 5.32 Å². The van der Waals surface area contributed by atoms with Crippen molar-refractivity contribution in [2.75, 3.05) is 13.7 Å². The molecular weight excluding hydrogens is 262 g/mol. The molecule has 0 aliphatic carbocycles. The van der Waals surface area contributed by atoms with Crippen LogP contribution in [0.2, 0.25) is 0 Å². The highest BCUT2D eigenvalue weighted by Crippen LogP contribution is 2.20. The Bertz CT molecular complexity index is 264. The summed E-state index contributed by atoms with van der Waals surface area (Å²) in [6, 6.07) is 2.61. The molecule has 1 aromatic heterocycles. The van der Waals surface area contributed by atoms with E-state index in [9.17, 15) is 0 Å². The number of methoxy groups -OCH3 is 1. The maximum atomic E-state index is 5.12. The third-order valence-electron chi connectivity index (χ3n) is 2.08. The van der Waals surface area contributed by atoms with Crippen LogP contribution >= 0.6 is 27.3 Å². The molecule has 1 unspecified atom stereocenters. The Balaban J connectivity index is 2.31. The van der Waals surface area contributed by atoms with Gasteiger partial charge in [0, 0.05) is 19.7 Å². The molecule has 0 fully saturated rings. The van der Waals surface area contributed by atoms with Gasteiger partial charge in [-0.05, 0) is 39.4 Å². The van der Waals surface area contributed by atoms with Crippen molar-refractivity contribution in [2.45, 2.75) is 25.9 Å². The molecular formula is C10H16BrNOS. The maximum absolute atomic E-state index is 5.12. The zero-order valence-corrected chi connectivity index (χ0v) is 11.0. The average molecular weight is 278 g/mol. The van der Waals surface area contributed by atoms with Gasteiger partial charge in [-0.3, -0.25) is 0 Å². The summed E-state index contributed by atoms with van der Waals surface area (Å²) in [7, 11) is 1.74. The van der Waals surface area contributed by atoms with Crippen molar-refractivity contribution in [2.24, 2.45) is 0 Å². The van der Waals surface area contributed by atoms with Crippen LogP contribution in [0.1, 0.15) is 18.9 Å². The van der Waals surface area contributed by atoms with Crippen molar-refractivity contribution in [3.8, 4) is 0 Å². The summed E-state index contributed by atoms with van der Waals surface area (Å²) >= 11 is 5.18. The van der Waals surface area contributed by atoms with E-state index in [1.165, 1.54) is 9.35 Å². The Morgan fingerprint density at radius 2 is 2.43 bits per heavy atom. The van der Waals surface area contributed by atoms with Crippen LogP contribution in [0, 0.1) is 0 Å². The van der Waals surface area contributed by atoms with E-state index in [4.69, 9.17) is 4.74 Å². The first-order valence-electron chi connectivity index (χ1n) is 4.71. The van der Waals surface area contributed by atoms with Crippen LogP contribution in [0.5, 0.6) is 0 Å². The highest BCUT2D eigenvalue weighted by atomic mass is 79.9. The molecule has 1 rings (SSSR count). The van der Waals surface area contributed by atoms with E-state index in [-0.39, 0.29) is 0 Å². The number of thiophene rings is 1. The number of rotatable bonds is 6. The highest BCUT2D eigenvalue weighted by Gasteiger charge is 2.05. The summed E-state index contributed by atoms with van der Waals surface area (Å²) in [6.45, 7) is 3.87. The molecule has 0 bridgehead atoms. The Morgan fingerprint density at radius 1 is 1.64 bits per heavy atom. The minimum atomic E-state index is 0.457. The van der Waals surface area contributed by atoms with Gasteiger partial charge in [-0.1, -0.05) is 6.92 Å². The molecule has 0 aliphatic rings. The van der Waals surface area contributed by atoms with Gasteiger partial charge in [0.1, 0.15) is 0 Å². The predicted octanol–water partition coefficient (Wildman–Crippen LogP) is 3.03. The molecule has 0 amide bonds. The lowest BCUT2D eigenvalue weighted by Gasteiger charge is -2.14. The molecule has 0 saturated heterocycles. The molecule has 0 saturated carbocycles. The normalized spacial score (nSPS) is 13.1. The van der Waals surface area contributed by atoms with Crippen LogP contribution in [0.4, 0.5) is 0 Å². The van der Waals surface area contributed by atoms with Gasteiger partial charge in [-0.15, -0.1) is 11.3 Å². The molecule has 1 atom stereocenters. The summed E-state index contributed by atoms with van der Waals surface area (Å²) in [4.78, 5) is 0. The van der Waals surface area contributed by atoms with Crippen LogP contribution in [-0.2, 0) is 11.3 Å². The highest BCUT2D eigenvalue weighted by molar-refractivity contribution is 9.11. The third kappa shape index (κ3) is 4.09. The zero-order chi connectivity index (χ0) is 10.4. The van der Waals surface area contributed by atoms with E-state index in [0.717, 1.165) is 19.6 Å². The molecule has 0 aromatic carbocycles. The number of halogens is 1. The minimum Gasteiger partial charge on any atom is -0.383 e. The van der Waals surface area contributed by atoms with Crippen molar-refractivity contribution in [3.05, 3.63) is 20.8 Å². The van der Waals surface area contributed by atoms with Gasteiger partial charge >= 0.3 is 0 Å². The number of hydrogen-bond acceptors (Lipinski definition) is 3. The van der Waals surface area contributed by atoms with Crippen LogP contribution in [0.25, 0.3) is 0 Å². The van der Waals surface area contributed by atoms with Crippen molar-refractivity contribution in [3.63, 3.8) is 0 Å². The Morgan fingerprint density at radius 3 is 2.93 bits per heavy atom. The summed E-state index contributed by atoms with van der Waals surface area (Å²) < 4.78 is 6.31. The Hall–Kier alpha value is 0.100. The fourth-order valence-corrected chi connectivity index (χ4v) is 2.43. The summed E-state index contributed by atoms with van der Waals surface area (Å²) in [5.41, 5.74) is 1.33. The van der Waals surface area contributed by atoms with Gasteiger partial charge in [-0.25, -0.2) is 0 Å². The Labute approximate surface area is 97.8 Å². The monoisotopic (exact) mass is 277 g/mol. The molecule has 0 radical (unpaired) electrons. The minimum absolute atomic E-state index is 0.457. The Kier molecular flexibility index (Phi) is 5.70. The van der Waals surface area contributed by atoms with Crippen LogP contribution < -0.4 is 5.32 Å². The number of ether oxygens (including phenoxy) is 1. The molecule has 4 heteroatoms. The van der Waals surface area contributed by atoms with E-state index in [1.807, 2.05) is 0 Å². The van der Waals surface area contributed by atoms with E-state index in [0.29, 0.717) is 6.04 Å². The van der Waals surface area contributed by atoms with E-state index >= 15 is 0 Å². The van der Waals surface area contributed by atoms with Gasteiger partial charge in [0.15, 0.2) is 0 Å². The summed E-state index contributed by atoms with van der Waals surface area (Å²) in [6.07, 6.45) is 1.10. The molecule has 2 nitrogen and oxygen atoms in total. The first-order valence-corrected chi connectivity index (χ1v) is 6.38. The lowest BCUT2D eigenvalue weighted by atomic mass is 10.2. The SMILES string of the molecule is CCC(COC)NCc1csc(Br)c1. The molecule has 1 heterocycles. The van der Waals surface area contributed by atoms with E-state index in [2.05, 4.69) is 39.6 Å². The van der Waals surface area contributed by atoms with E-state index in [1.54, 1.807) is 18.4 Å². The zero-order valence-electron chi connectivity index (χ0n) is 8.55. The molecule has 0 aliphatic heterocycles. The number of hydrogen-bond donors (Lipinski definition) is 1. The number of nitrogens with one attached hydrogen (secondary N) is 1. The molecule has 1 aromatic rings.